The van der Waals surface area contributed by atoms with Gasteiger partial charge in [0.15, 0.2) is 5.49 Å². The van der Waals surface area contributed by atoms with E-state index in [-0.39, 0.29) is 5.91 Å². The maximum absolute atomic E-state index is 12.4. The number of fused-ring (bicyclic) bond motifs is 2. The van der Waals surface area contributed by atoms with Crippen molar-refractivity contribution in [1.82, 2.24) is 14.7 Å². The zero-order valence-electron chi connectivity index (χ0n) is 13.3. The molecule has 0 bridgehead atoms. The predicted molar refractivity (Wildman–Crippen MR) is 86.7 cm³/mol. The van der Waals surface area contributed by atoms with Gasteiger partial charge in [0.1, 0.15) is 0 Å². The summed E-state index contributed by atoms with van der Waals surface area (Å²) in [4.78, 5) is 18.9. The number of aromatic nitrogens is 2. The van der Waals surface area contributed by atoms with Gasteiger partial charge < -0.3 is 4.90 Å². The Hall–Kier alpha value is -2.69. The lowest BCUT2D eigenvalue weighted by Gasteiger charge is -2.28. The van der Waals surface area contributed by atoms with Crippen molar-refractivity contribution in [2.45, 2.75) is 19.9 Å². The van der Waals surface area contributed by atoms with Crippen molar-refractivity contribution in [2.75, 3.05) is 6.54 Å². The van der Waals surface area contributed by atoms with E-state index in [2.05, 4.69) is 27.1 Å². The Balaban J connectivity index is 1.77. The van der Waals surface area contributed by atoms with Crippen LogP contribution in [0.2, 0.25) is 0 Å². The van der Waals surface area contributed by atoms with E-state index in [0.29, 0.717) is 5.49 Å². The minimum absolute atomic E-state index is 0.159. The lowest BCUT2D eigenvalue weighted by Crippen LogP contribution is -2.40. The van der Waals surface area contributed by atoms with Crippen molar-refractivity contribution < 1.29 is 4.79 Å². The van der Waals surface area contributed by atoms with Crippen molar-refractivity contribution in [2.24, 2.45) is 12.0 Å². The van der Waals surface area contributed by atoms with Crippen molar-refractivity contribution in [1.29, 1.82) is 0 Å². The number of carbonyl (C=O) groups excluding carboxylic acids is 1. The van der Waals surface area contributed by atoms with E-state index in [1.807, 2.05) is 38.4 Å². The highest BCUT2D eigenvalue weighted by atomic mass is 16.1. The lowest BCUT2D eigenvalue weighted by molar-refractivity contribution is -0.114. The Labute approximate surface area is 134 Å². The number of nitrogens with zero attached hydrogens (tertiary/aromatic N) is 4. The van der Waals surface area contributed by atoms with Gasteiger partial charge in [-0.3, -0.25) is 9.48 Å². The standard InChI is InChI=1S/C18H18N4O/c1-12-16-14-8-9-22(10-13-6-4-3-5-7-13)11-15(14)18(23)19-17(16)21(2)20-12/h3-7,11H,8-10H2,1-2H3. The van der Waals surface area contributed by atoms with E-state index in [9.17, 15) is 4.79 Å². The van der Waals surface area contributed by atoms with E-state index in [4.69, 9.17) is 0 Å². The third kappa shape index (κ3) is 2.29. The average Bonchev–Trinajstić information content (AvgIpc) is 2.83. The van der Waals surface area contributed by atoms with Gasteiger partial charge in [-0.1, -0.05) is 30.3 Å². The van der Waals surface area contributed by atoms with Crippen LogP contribution in [0.4, 0.5) is 0 Å². The molecule has 4 rings (SSSR count). The molecule has 5 heteroatoms. The second kappa shape index (κ2) is 5.19. The second-order valence-corrected chi connectivity index (χ2v) is 6.05. The van der Waals surface area contributed by atoms with Crippen LogP contribution >= 0.6 is 0 Å². The fraction of sp³-hybridized carbons (Fsp3) is 0.278. The zero-order valence-corrected chi connectivity index (χ0v) is 13.3. The zero-order chi connectivity index (χ0) is 16.0. The van der Waals surface area contributed by atoms with Crippen LogP contribution in [0.1, 0.15) is 17.7 Å². The number of carbonyl (C=O) groups is 1. The minimum atomic E-state index is -0.159. The van der Waals surface area contributed by atoms with Gasteiger partial charge in [0.25, 0.3) is 5.91 Å². The molecule has 2 aliphatic rings. The number of aryl methyl sites for hydroxylation is 2. The molecule has 5 nitrogen and oxygen atoms in total. The van der Waals surface area contributed by atoms with E-state index in [0.717, 1.165) is 41.6 Å². The quantitative estimate of drug-likeness (QED) is 0.826. The maximum Gasteiger partial charge on any atom is 0.280 e. The highest BCUT2D eigenvalue weighted by molar-refractivity contribution is 6.07. The Bertz CT molecular complexity index is 937. The summed E-state index contributed by atoms with van der Waals surface area (Å²) in [5.41, 5.74) is 4.68. The van der Waals surface area contributed by atoms with E-state index in [1.54, 1.807) is 4.68 Å². The topological polar surface area (TPSA) is 50.5 Å². The predicted octanol–water partition coefficient (Wildman–Crippen LogP) is 0.829. The van der Waals surface area contributed by atoms with Crippen LogP contribution in [-0.4, -0.2) is 27.1 Å². The summed E-state index contributed by atoms with van der Waals surface area (Å²) in [6.07, 6.45) is 2.81. The molecule has 116 valence electrons. The summed E-state index contributed by atoms with van der Waals surface area (Å²) in [5, 5.41) is 5.45. The first-order chi connectivity index (χ1) is 11.1. The molecule has 2 aromatic rings. The summed E-state index contributed by atoms with van der Waals surface area (Å²) >= 11 is 0. The fourth-order valence-electron chi connectivity index (χ4n) is 3.39. The summed E-state index contributed by atoms with van der Waals surface area (Å²) in [5.74, 6) is -0.159. The number of hydrogen-bond acceptors (Lipinski definition) is 3. The van der Waals surface area contributed by atoms with Crippen LogP contribution in [0.25, 0.3) is 5.57 Å². The number of hydrogen-bond donors (Lipinski definition) is 0. The van der Waals surface area contributed by atoms with Crippen molar-refractivity contribution >= 4 is 11.5 Å². The summed E-state index contributed by atoms with van der Waals surface area (Å²) in [7, 11) is 1.84. The summed E-state index contributed by atoms with van der Waals surface area (Å²) < 4.78 is 1.70. The van der Waals surface area contributed by atoms with Crippen LogP contribution in [0, 0.1) is 6.92 Å². The third-order valence-electron chi connectivity index (χ3n) is 4.45. The molecule has 0 spiro atoms. The van der Waals surface area contributed by atoms with Gasteiger partial charge in [0.2, 0.25) is 0 Å². The average molecular weight is 306 g/mol. The monoisotopic (exact) mass is 306 g/mol. The highest BCUT2D eigenvalue weighted by Gasteiger charge is 2.26. The first kappa shape index (κ1) is 13.9. The third-order valence-corrected chi connectivity index (χ3v) is 4.45. The van der Waals surface area contributed by atoms with Crippen LogP contribution in [0.15, 0.2) is 47.1 Å². The molecule has 23 heavy (non-hydrogen) atoms. The molecule has 3 heterocycles. The number of amides is 1. The second-order valence-electron chi connectivity index (χ2n) is 6.05. The van der Waals surface area contributed by atoms with E-state index >= 15 is 0 Å². The van der Waals surface area contributed by atoms with Crippen LogP contribution < -0.4 is 10.7 Å². The molecule has 0 saturated heterocycles. The van der Waals surface area contributed by atoms with Gasteiger partial charge in [-0.2, -0.15) is 10.1 Å². The molecule has 0 fully saturated rings. The van der Waals surface area contributed by atoms with Gasteiger partial charge in [0.05, 0.1) is 11.3 Å². The van der Waals surface area contributed by atoms with Crippen molar-refractivity contribution in [3.63, 3.8) is 0 Å². The normalized spacial score (nSPS) is 16.6. The maximum atomic E-state index is 12.4. The SMILES string of the molecule is Cc1nn(C)c2c1=C1CCN(Cc3ccccc3)C=C1C(=O)N=2. The Morgan fingerprint density at radius 2 is 2.00 bits per heavy atom. The number of rotatable bonds is 2. The van der Waals surface area contributed by atoms with Gasteiger partial charge in [-0.25, -0.2) is 0 Å². The summed E-state index contributed by atoms with van der Waals surface area (Å²) in [6.45, 7) is 3.68. The molecular weight excluding hydrogens is 288 g/mol. The first-order valence-electron chi connectivity index (χ1n) is 7.79. The first-order valence-corrected chi connectivity index (χ1v) is 7.79. The van der Waals surface area contributed by atoms with Gasteiger partial charge in [0, 0.05) is 31.6 Å². The smallest absolute Gasteiger partial charge is 0.280 e. The van der Waals surface area contributed by atoms with Crippen LogP contribution in [-0.2, 0) is 18.4 Å². The molecule has 1 aromatic heterocycles. The van der Waals surface area contributed by atoms with E-state index < -0.39 is 0 Å². The van der Waals surface area contributed by atoms with Crippen LogP contribution in [0.3, 0.4) is 0 Å². The van der Waals surface area contributed by atoms with E-state index in [1.165, 1.54) is 5.56 Å². The molecule has 0 unspecified atom stereocenters. The molecule has 0 N–H and O–H groups in total. The molecular formula is C18H18N4O. The highest BCUT2D eigenvalue weighted by Crippen LogP contribution is 2.25. The fourth-order valence-corrected chi connectivity index (χ4v) is 3.39. The lowest BCUT2D eigenvalue weighted by atomic mass is 9.95. The molecule has 0 atom stereocenters. The van der Waals surface area contributed by atoms with Crippen molar-refractivity contribution in [3.05, 3.63) is 64.1 Å². The summed E-state index contributed by atoms with van der Waals surface area (Å²) in [6, 6.07) is 10.3. The molecule has 1 aromatic carbocycles. The Morgan fingerprint density at radius 1 is 1.22 bits per heavy atom. The van der Waals surface area contributed by atoms with Gasteiger partial charge in [-0.15, -0.1) is 0 Å². The van der Waals surface area contributed by atoms with Gasteiger partial charge in [-0.05, 0) is 24.5 Å². The van der Waals surface area contributed by atoms with Crippen molar-refractivity contribution in [3.8, 4) is 0 Å². The molecule has 2 aliphatic heterocycles. The largest absolute Gasteiger partial charge is 0.372 e. The molecule has 0 radical (unpaired) electrons. The molecule has 0 saturated carbocycles. The van der Waals surface area contributed by atoms with Gasteiger partial charge >= 0.3 is 0 Å². The molecule has 1 amide bonds. The number of benzene rings is 1. The Kier molecular flexibility index (Phi) is 3.15. The Morgan fingerprint density at radius 3 is 2.78 bits per heavy atom. The minimum Gasteiger partial charge on any atom is -0.372 e. The van der Waals surface area contributed by atoms with Crippen LogP contribution in [0.5, 0.6) is 0 Å². The molecule has 0 aliphatic carbocycles.